The van der Waals surface area contributed by atoms with Crippen LogP contribution < -0.4 is 5.32 Å². The molecule has 29 heavy (non-hydrogen) atoms. The van der Waals surface area contributed by atoms with E-state index in [0.29, 0.717) is 23.6 Å². The molecule has 6 nitrogen and oxygen atoms in total. The maximum absolute atomic E-state index is 12.8. The molecule has 0 fully saturated rings. The van der Waals surface area contributed by atoms with Crippen LogP contribution in [0.15, 0.2) is 60.7 Å². The number of nitrogens with one attached hydrogen (secondary N) is 1. The Morgan fingerprint density at radius 2 is 1.76 bits per heavy atom. The Balaban J connectivity index is 1.74. The molecule has 0 radical (unpaired) electrons. The molecule has 2 aromatic carbocycles. The quantitative estimate of drug-likeness (QED) is 0.503. The lowest BCUT2D eigenvalue weighted by Crippen LogP contribution is -2.14. The largest absolute Gasteiger partial charge is 0.463 e. The summed E-state index contributed by atoms with van der Waals surface area (Å²) in [5, 5.41) is 7.43. The summed E-state index contributed by atoms with van der Waals surface area (Å²) in [4.78, 5) is 24.2. The average Bonchev–Trinajstić information content (AvgIpc) is 3.02. The van der Waals surface area contributed by atoms with Gasteiger partial charge in [0.25, 0.3) is 5.91 Å². The van der Waals surface area contributed by atoms with Gasteiger partial charge in [0.1, 0.15) is 0 Å². The molecular formula is C23H23N3O3. The van der Waals surface area contributed by atoms with Crippen LogP contribution >= 0.6 is 0 Å². The van der Waals surface area contributed by atoms with Gasteiger partial charge in [-0.05, 0) is 56.7 Å². The van der Waals surface area contributed by atoms with E-state index in [1.807, 2.05) is 56.3 Å². The molecular weight excluding hydrogens is 366 g/mol. The summed E-state index contributed by atoms with van der Waals surface area (Å²) in [5.41, 5.74) is 4.40. The number of anilines is 1. The summed E-state index contributed by atoms with van der Waals surface area (Å²) < 4.78 is 6.63. The van der Waals surface area contributed by atoms with E-state index in [0.717, 1.165) is 16.9 Å². The first-order chi connectivity index (χ1) is 14.0. The van der Waals surface area contributed by atoms with Gasteiger partial charge < -0.3 is 10.1 Å². The van der Waals surface area contributed by atoms with Crippen molar-refractivity contribution >= 4 is 23.6 Å². The minimum absolute atomic E-state index is 0.211. The molecule has 1 aromatic heterocycles. The Kier molecular flexibility index (Phi) is 6.24. The molecule has 1 N–H and O–H groups in total. The Hall–Kier alpha value is -3.67. The number of amides is 1. The molecule has 148 valence electrons. The summed E-state index contributed by atoms with van der Waals surface area (Å²) in [5.74, 6) is -0.594. The van der Waals surface area contributed by atoms with Gasteiger partial charge >= 0.3 is 5.97 Å². The molecule has 0 unspecified atom stereocenters. The minimum Gasteiger partial charge on any atom is -0.463 e. The first kappa shape index (κ1) is 20.1. The minimum atomic E-state index is -0.383. The number of carbonyl (C=O) groups excluding carboxylic acids is 2. The van der Waals surface area contributed by atoms with Crippen molar-refractivity contribution in [2.45, 2.75) is 20.8 Å². The summed E-state index contributed by atoms with van der Waals surface area (Å²) in [6.07, 6.45) is 3.05. The number of aromatic nitrogens is 2. The zero-order valence-electron chi connectivity index (χ0n) is 16.7. The van der Waals surface area contributed by atoms with Crippen molar-refractivity contribution in [1.82, 2.24) is 9.78 Å². The van der Waals surface area contributed by atoms with Gasteiger partial charge in [-0.25, -0.2) is 9.48 Å². The highest BCUT2D eigenvalue weighted by molar-refractivity contribution is 6.06. The summed E-state index contributed by atoms with van der Waals surface area (Å²) in [7, 11) is 0. The fraction of sp³-hybridized carbons (Fsp3) is 0.174. The van der Waals surface area contributed by atoms with E-state index in [1.165, 1.54) is 6.08 Å². The van der Waals surface area contributed by atoms with Gasteiger partial charge in [-0.2, -0.15) is 5.10 Å². The highest BCUT2D eigenvalue weighted by Crippen LogP contribution is 2.20. The summed E-state index contributed by atoms with van der Waals surface area (Å²) in [6, 6.07) is 16.9. The topological polar surface area (TPSA) is 73.2 Å². The first-order valence-electron chi connectivity index (χ1n) is 9.37. The van der Waals surface area contributed by atoms with Gasteiger partial charge in [0.05, 0.1) is 29.2 Å². The van der Waals surface area contributed by atoms with Gasteiger partial charge in [-0.1, -0.05) is 30.3 Å². The highest BCUT2D eigenvalue weighted by Gasteiger charge is 2.19. The zero-order chi connectivity index (χ0) is 20.8. The second-order valence-corrected chi connectivity index (χ2v) is 6.45. The van der Waals surface area contributed by atoms with Crippen molar-refractivity contribution < 1.29 is 14.3 Å². The van der Waals surface area contributed by atoms with Crippen molar-refractivity contribution in [3.05, 3.63) is 83.2 Å². The molecule has 0 spiro atoms. The average molecular weight is 389 g/mol. The second-order valence-electron chi connectivity index (χ2n) is 6.45. The molecule has 3 aromatic rings. The lowest BCUT2D eigenvalue weighted by molar-refractivity contribution is -0.137. The third-order valence-electron chi connectivity index (χ3n) is 4.39. The third-order valence-corrected chi connectivity index (χ3v) is 4.39. The maximum atomic E-state index is 12.8. The lowest BCUT2D eigenvalue weighted by Gasteiger charge is -2.07. The number of benzene rings is 2. The van der Waals surface area contributed by atoms with Crippen LogP contribution in [0.1, 0.15) is 34.2 Å². The Morgan fingerprint density at radius 1 is 1.07 bits per heavy atom. The van der Waals surface area contributed by atoms with Crippen LogP contribution in [0, 0.1) is 13.8 Å². The SMILES string of the molecule is CCOC(=O)/C=C/c1ccc(NC(=O)c2c(C)nn(-c3ccccc3)c2C)cc1. The van der Waals surface area contributed by atoms with E-state index in [9.17, 15) is 9.59 Å². The van der Waals surface area contributed by atoms with Gasteiger partial charge in [0, 0.05) is 11.8 Å². The van der Waals surface area contributed by atoms with Crippen LogP contribution in [0.3, 0.4) is 0 Å². The first-order valence-corrected chi connectivity index (χ1v) is 9.37. The van der Waals surface area contributed by atoms with Crippen molar-refractivity contribution in [1.29, 1.82) is 0 Å². The molecule has 0 aliphatic carbocycles. The van der Waals surface area contributed by atoms with E-state index >= 15 is 0 Å². The molecule has 3 rings (SSSR count). The highest BCUT2D eigenvalue weighted by atomic mass is 16.5. The van der Waals surface area contributed by atoms with Crippen LogP contribution in [-0.2, 0) is 9.53 Å². The molecule has 0 aliphatic rings. The molecule has 0 saturated carbocycles. The van der Waals surface area contributed by atoms with Crippen molar-refractivity contribution in [3.63, 3.8) is 0 Å². The van der Waals surface area contributed by atoms with Gasteiger partial charge in [-0.15, -0.1) is 0 Å². The predicted molar refractivity (Wildman–Crippen MR) is 113 cm³/mol. The predicted octanol–water partition coefficient (Wildman–Crippen LogP) is 4.32. The number of ether oxygens (including phenoxy) is 1. The van der Waals surface area contributed by atoms with E-state index in [4.69, 9.17) is 4.74 Å². The Bertz CT molecular complexity index is 1040. The van der Waals surface area contributed by atoms with Gasteiger partial charge in [0.2, 0.25) is 0 Å². The van der Waals surface area contributed by atoms with Crippen LogP contribution in [0.4, 0.5) is 5.69 Å². The maximum Gasteiger partial charge on any atom is 0.330 e. The number of nitrogens with zero attached hydrogens (tertiary/aromatic N) is 2. The van der Waals surface area contributed by atoms with Crippen molar-refractivity contribution in [2.75, 3.05) is 11.9 Å². The number of carbonyl (C=O) groups is 2. The van der Waals surface area contributed by atoms with Crippen LogP contribution in [0.5, 0.6) is 0 Å². The van der Waals surface area contributed by atoms with E-state index in [2.05, 4.69) is 10.4 Å². The van der Waals surface area contributed by atoms with Crippen LogP contribution in [0.25, 0.3) is 11.8 Å². The number of esters is 1. The molecule has 6 heteroatoms. The van der Waals surface area contributed by atoms with Gasteiger partial charge in [0.15, 0.2) is 0 Å². The summed E-state index contributed by atoms with van der Waals surface area (Å²) >= 11 is 0. The normalized spacial score (nSPS) is 10.9. The number of hydrogen-bond acceptors (Lipinski definition) is 4. The fourth-order valence-electron chi connectivity index (χ4n) is 3.02. The molecule has 0 bridgehead atoms. The Labute approximate surface area is 169 Å². The van der Waals surface area contributed by atoms with Crippen molar-refractivity contribution in [3.8, 4) is 5.69 Å². The lowest BCUT2D eigenvalue weighted by atomic mass is 10.1. The number of para-hydroxylation sites is 1. The standard InChI is InChI=1S/C23H23N3O3/c1-4-29-21(27)15-12-18-10-13-19(14-11-18)24-23(28)22-16(2)25-26(17(22)3)20-8-6-5-7-9-20/h5-15H,4H2,1-3H3,(H,24,28)/b15-12+. The van der Waals surface area contributed by atoms with E-state index in [-0.39, 0.29) is 11.9 Å². The molecule has 0 atom stereocenters. The molecule has 1 amide bonds. The van der Waals surface area contributed by atoms with E-state index in [1.54, 1.807) is 29.8 Å². The third kappa shape index (κ3) is 4.79. The molecule has 1 heterocycles. The number of rotatable bonds is 6. The fourth-order valence-corrected chi connectivity index (χ4v) is 3.02. The molecule has 0 saturated heterocycles. The number of aryl methyl sites for hydroxylation is 1. The van der Waals surface area contributed by atoms with Crippen LogP contribution in [0.2, 0.25) is 0 Å². The summed E-state index contributed by atoms with van der Waals surface area (Å²) in [6.45, 7) is 5.81. The Morgan fingerprint density at radius 3 is 2.41 bits per heavy atom. The van der Waals surface area contributed by atoms with E-state index < -0.39 is 0 Å². The second kappa shape index (κ2) is 9.01. The monoisotopic (exact) mass is 389 g/mol. The van der Waals surface area contributed by atoms with Crippen molar-refractivity contribution in [2.24, 2.45) is 0 Å². The number of hydrogen-bond donors (Lipinski definition) is 1. The van der Waals surface area contributed by atoms with Gasteiger partial charge in [-0.3, -0.25) is 4.79 Å². The zero-order valence-corrected chi connectivity index (χ0v) is 16.7. The molecule has 0 aliphatic heterocycles. The smallest absolute Gasteiger partial charge is 0.330 e. The van der Waals surface area contributed by atoms with Crippen LogP contribution in [-0.4, -0.2) is 28.3 Å².